The van der Waals surface area contributed by atoms with Gasteiger partial charge in [-0.25, -0.2) is 4.79 Å². The third-order valence-corrected chi connectivity index (χ3v) is 4.85. The van der Waals surface area contributed by atoms with Crippen LogP contribution in [0.3, 0.4) is 0 Å². The van der Waals surface area contributed by atoms with E-state index in [0.717, 1.165) is 4.90 Å². The molecular weight excluding hydrogens is 400 g/mol. The predicted octanol–water partition coefficient (Wildman–Crippen LogP) is 3.29. The number of carboxylic acid groups (broad SMARTS) is 1. The van der Waals surface area contributed by atoms with Crippen molar-refractivity contribution in [2.24, 2.45) is 0 Å². The molecule has 0 spiro atoms. The van der Waals surface area contributed by atoms with E-state index in [4.69, 9.17) is 9.84 Å². The highest BCUT2D eigenvalue weighted by atomic mass is 32.2. The van der Waals surface area contributed by atoms with Gasteiger partial charge in [-0.2, -0.15) is 0 Å². The topological polar surface area (TPSA) is 127 Å². The van der Waals surface area contributed by atoms with Crippen LogP contribution in [0.1, 0.15) is 11.1 Å². The number of carbonyl (C=O) groups excluding carboxylic acids is 2. The van der Waals surface area contributed by atoms with Gasteiger partial charge in [0.1, 0.15) is 5.75 Å². The molecule has 10 heteroatoms. The van der Waals surface area contributed by atoms with Crippen LogP contribution in [0.4, 0.5) is 10.5 Å². The lowest BCUT2D eigenvalue weighted by atomic mass is 10.1. The van der Waals surface area contributed by atoms with E-state index in [2.05, 4.69) is 0 Å². The summed E-state index contributed by atoms with van der Waals surface area (Å²) in [6.07, 6.45) is 1.43. The Labute approximate surface area is 168 Å². The Bertz CT molecular complexity index is 1030. The standard InChI is InChI=1S/C19H14N2O7S/c22-17(23)11-28-15-8-4-2-5-12(15)9-16-18(24)20(19(25)29-16)10-13-6-1-3-7-14(13)21(26)27/h1-9H,10-11H2,(H,22,23)/b16-9-. The van der Waals surface area contributed by atoms with E-state index >= 15 is 0 Å². The number of ether oxygens (including phenoxy) is 1. The van der Waals surface area contributed by atoms with Crippen molar-refractivity contribution in [2.45, 2.75) is 6.54 Å². The number of nitro benzene ring substituents is 1. The molecule has 148 valence electrons. The van der Waals surface area contributed by atoms with Crippen molar-refractivity contribution >= 4 is 40.6 Å². The van der Waals surface area contributed by atoms with E-state index in [0.29, 0.717) is 17.3 Å². The van der Waals surface area contributed by atoms with Crippen LogP contribution in [0.25, 0.3) is 6.08 Å². The number of nitrogens with zero attached hydrogens (tertiary/aromatic N) is 2. The summed E-state index contributed by atoms with van der Waals surface area (Å²) in [5.74, 6) is -1.49. The Kier molecular flexibility index (Phi) is 5.93. The molecule has 2 aromatic rings. The fourth-order valence-corrected chi connectivity index (χ4v) is 3.47. The van der Waals surface area contributed by atoms with Crippen LogP contribution >= 0.6 is 11.8 Å². The van der Waals surface area contributed by atoms with Crippen LogP contribution in [0, 0.1) is 10.1 Å². The maximum absolute atomic E-state index is 12.7. The van der Waals surface area contributed by atoms with Gasteiger partial charge in [-0.1, -0.05) is 36.4 Å². The maximum Gasteiger partial charge on any atom is 0.341 e. The highest BCUT2D eigenvalue weighted by molar-refractivity contribution is 8.18. The molecule has 0 radical (unpaired) electrons. The molecule has 0 aromatic heterocycles. The molecular formula is C19H14N2O7S. The molecule has 1 fully saturated rings. The molecule has 29 heavy (non-hydrogen) atoms. The fraction of sp³-hybridized carbons (Fsp3) is 0.105. The Balaban J connectivity index is 1.85. The number of carbonyl (C=O) groups is 3. The monoisotopic (exact) mass is 414 g/mol. The zero-order chi connectivity index (χ0) is 21.0. The van der Waals surface area contributed by atoms with Crippen molar-refractivity contribution in [3.63, 3.8) is 0 Å². The molecule has 1 aliphatic rings. The van der Waals surface area contributed by atoms with Crippen LogP contribution in [0.2, 0.25) is 0 Å². The van der Waals surface area contributed by atoms with Gasteiger partial charge in [0.25, 0.3) is 16.8 Å². The molecule has 0 saturated carbocycles. The zero-order valence-electron chi connectivity index (χ0n) is 14.8. The minimum atomic E-state index is -1.15. The Morgan fingerprint density at radius 1 is 1.17 bits per heavy atom. The van der Waals surface area contributed by atoms with E-state index in [1.807, 2.05) is 0 Å². The molecule has 9 nitrogen and oxygen atoms in total. The first-order chi connectivity index (χ1) is 13.9. The van der Waals surface area contributed by atoms with E-state index in [1.165, 1.54) is 24.3 Å². The Morgan fingerprint density at radius 3 is 2.59 bits per heavy atom. The van der Waals surface area contributed by atoms with Crippen molar-refractivity contribution in [3.8, 4) is 5.75 Å². The highest BCUT2D eigenvalue weighted by Crippen LogP contribution is 2.35. The number of hydrogen-bond acceptors (Lipinski definition) is 7. The van der Waals surface area contributed by atoms with Gasteiger partial charge in [0.2, 0.25) is 0 Å². The first-order valence-electron chi connectivity index (χ1n) is 8.28. The van der Waals surface area contributed by atoms with Crippen molar-refractivity contribution in [2.75, 3.05) is 6.61 Å². The van der Waals surface area contributed by atoms with Crippen molar-refractivity contribution in [1.82, 2.24) is 4.90 Å². The van der Waals surface area contributed by atoms with Crippen LogP contribution in [-0.2, 0) is 16.1 Å². The molecule has 2 amide bonds. The van der Waals surface area contributed by atoms with Crippen LogP contribution in [-0.4, -0.2) is 38.7 Å². The minimum Gasteiger partial charge on any atom is -0.481 e. The summed E-state index contributed by atoms with van der Waals surface area (Å²) in [6, 6.07) is 12.4. The second-order valence-electron chi connectivity index (χ2n) is 5.87. The summed E-state index contributed by atoms with van der Waals surface area (Å²) in [6.45, 7) is -0.777. The van der Waals surface area contributed by atoms with Crippen molar-refractivity contribution in [3.05, 3.63) is 74.7 Å². The highest BCUT2D eigenvalue weighted by Gasteiger charge is 2.36. The predicted molar refractivity (Wildman–Crippen MR) is 104 cm³/mol. The van der Waals surface area contributed by atoms with Gasteiger partial charge in [0, 0.05) is 17.2 Å². The third kappa shape index (κ3) is 4.61. The largest absolute Gasteiger partial charge is 0.481 e. The van der Waals surface area contributed by atoms with Crippen LogP contribution in [0.5, 0.6) is 5.75 Å². The smallest absolute Gasteiger partial charge is 0.341 e. The van der Waals surface area contributed by atoms with Gasteiger partial charge in [-0.15, -0.1) is 0 Å². The quantitative estimate of drug-likeness (QED) is 0.415. The van der Waals surface area contributed by atoms with Crippen LogP contribution < -0.4 is 4.74 Å². The second-order valence-corrected chi connectivity index (χ2v) is 6.87. The molecule has 0 bridgehead atoms. The summed E-state index contributed by atoms with van der Waals surface area (Å²) in [5, 5.41) is 19.4. The number of rotatable bonds is 7. The van der Waals surface area contributed by atoms with Gasteiger partial charge < -0.3 is 9.84 Å². The van der Waals surface area contributed by atoms with Gasteiger partial charge in [-0.05, 0) is 23.9 Å². The minimum absolute atomic E-state index is 0.111. The zero-order valence-corrected chi connectivity index (χ0v) is 15.6. The summed E-state index contributed by atoms with van der Waals surface area (Å²) in [7, 11) is 0. The number of nitro groups is 1. The number of para-hydroxylation sites is 2. The van der Waals surface area contributed by atoms with Crippen molar-refractivity contribution < 1.29 is 29.2 Å². The van der Waals surface area contributed by atoms with Gasteiger partial charge >= 0.3 is 5.97 Å². The Hall–Kier alpha value is -3.66. The summed E-state index contributed by atoms with van der Waals surface area (Å²) in [5.41, 5.74) is 0.499. The van der Waals surface area contributed by atoms with Gasteiger partial charge in [-0.3, -0.25) is 24.6 Å². The van der Waals surface area contributed by atoms with E-state index in [-0.39, 0.29) is 28.5 Å². The molecule has 0 atom stereocenters. The number of carboxylic acids is 1. The first kappa shape index (κ1) is 20.1. The van der Waals surface area contributed by atoms with E-state index in [9.17, 15) is 24.5 Å². The lowest BCUT2D eigenvalue weighted by molar-refractivity contribution is -0.385. The molecule has 1 N–H and O–H groups in total. The average Bonchev–Trinajstić information content (AvgIpc) is 2.95. The lowest BCUT2D eigenvalue weighted by Gasteiger charge is -2.12. The van der Waals surface area contributed by atoms with Gasteiger partial charge in [0.05, 0.1) is 16.4 Å². The second kappa shape index (κ2) is 8.57. The summed E-state index contributed by atoms with van der Waals surface area (Å²) >= 11 is 0.700. The Morgan fingerprint density at radius 2 is 1.86 bits per heavy atom. The van der Waals surface area contributed by atoms with E-state index in [1.54, 1.807) is 30.3 Å². The molecule has 2 aromatic carbocycles. The molecule has 1 saturated heterocycles. The lowest BCUT2D eigenvalue weighted by Crippen LogP contribution is -2.27. The number of imide groups is 1. The molecule has 0 aliphatic carbocycles. The number of hydrogen-bond donors (Lipinski definition) is 1. The number of aliphatic carboxylic acids is 1. The van der Waals surface area contributed by atoms with Crippen LogP contribution in [0.15, 0.2) is 53.4 Å². The number of benzene rings is 2. The number of thioether (sulfide) groups is 1. The first-order valence-corrected chi connectivity index (χ1v) is 9.09. The molecule has 3 rings (SSSR count). The average molecular weight is 414 g/mol. The number of amides is 2. The maximum atomic E-state index is 12.7. The molecule has 0 unspecified atom stereocenters. The van der Waals surface area contributed by atoms with Gasteiger partial charge in [0.15, 0.2) is 6.61 Å². The molecule has 1 heterocycles. The molecule has 1 aliphatic heterocycles. The van der Waals surface area contributed by atoms with Crippen molar-refractivity contribution in [1.29, 1.82) is 0 Å². The third-order valence-electron chi connectivity index (χ3n) is 3.95. The van der Waals surface area contributed by atoms with E-state index < -0.39 is 28.6 Å². The summed E-state index contributed by atoms with van der Waals surface area (Å²) < 4.78 is 5.20. The fourth-order valence-electron chi connectivity index (χ4n) is 2.64. The SMILES string of the molecule is O=C(O)COc1ccccc1/C=C1\SC(=O)N(Cc2ccccc2[N+](=O)[O-])C1=O. The normalized spacial score (nSPS) is 15.0. The summed E-state index contributed by atoms with van der Waals surface area (Å²) in [4.78, 5) is 47.4.